The Balaban J connectivity index is 2.36. The number of carbonyl (C=O) groups is 2. The number of esters is 1. The summed E-state index contributed by atoms with van der Waals surface area (Å²) in [6, 6.07) is 0. The summed E-state index contributed by atoms with van der Waals surface area (Å²) in [4.78, 5) is 25.0. The van der Waals surface area contributed by atoms with E-state index in [1.165, 1.54) is 18.4 Å². The largest absolute Gasteiger partial charge is 0.465 e. The van der Waals surface area contributed by atoms with Crippen LogP contribution in [0.1, 0.15) is 41.1 Å². The molecule has 1 heterocycles. The number of aryl methyl sites for hydroxylation is 1. The van der Waals surface area contributed by atoms with Gasteiger partial charge in [0.15, 0.2) is 0 Å². The van der Waals surface area contributed by atoms with Crippen molar-refractivity contribution in [1.82, 2.24) is 0 Å². The molecule has 5 nitrogen and oxygen atoms in total. The first kappa shape index (κ1) is 14.0. The molecule has 0 saturated carbocycles. The van der Waals surface area contributed by atoms with E-state index < -0.39 is 11.5 Å². The van der Waals surface area contributed by atoms with Crippen LogP contribution in [0.4, 0.5) is 5.00 Å². The van der Waals surface area contributed by atoms with Crippen LogP contribution >= 0.6 is 11.3 Å². The molecular weight excluding hydrogens is 264 g/mol. The van der Waals surface area contributed by atoms with Crippen molar-refractivity contribution in [3.05, 3.63) is 16.0 Å². The Kier molecular flexibility index (Phi) is 3.64. The van der Waals surface area contributed by atoms with E-state index in [-0.39, 0.29) is 5.91 Å². The first-order valence-corrected chi connectivity index (χ1v) is 6.99. The summed E-state index contributed by atoms with van der Waals surface area (Å²) in [6.45, 7) is 3.25. The number of nitrogens with two attached hydrogens (primary N) is 1. The van der Waals surface area contributed by atoms with Gasteiger partial charge in [-0.2, -0.15) is 0 Å². The van der Waals surface area contributed by atoms with Gasteiger partial charge in [-0.1, -0.05) is 0 Å². The van der Waals surface area contributed by atoms with Crippen molar-refractivity contribution < 1.29 is 14.3 Å². The lowest BCUT2D eigenvalue weighted by molar-refractivity contribution is -0.120. The summed E-state index contributed by atoms with van der Waals surface area (Å²) in [5.74, 6) is -0.706. The van der Waals surface area contributed by atoms with Gasteiger partial charge in [0.25, 0.3) is 0 Å². The topological polar surface area (TPSA) is 81.4 Å². The van der Waals surface area contributed by atoms with Gasteiger partial charge < -0.3 is 15.8 Å². The molecule has 1 aliphatic rings. The zero-order valence-electron chi connectivity index (χ0n) is 11.3. The lowest BCUT2D eigenvalue weighted by Crippen LogP contribution is -2.45. The maximum Gasteiger partial charge on any atom is 0.341 e. The van der Waals surface area contributed by atoms with Crippen molar-refractivity contribution in [1.29, 1.82) is 0 Å². The zero-order chi connectivity index (χ0) is 14.2. The highest BCUT2D eigenvalue weighted by molar-refractivity contribution is 7.17. The van der Waals surface area contributed by atoms with E-state index in [0.717, 1.165) is 29.7 Å². The summed E-state index contributed by atoms with van der Waals surface area (Å²) in [7, 11) is 1.35. The number of anilines is 1. The van der Waals surface area contributed by atoms with Crippen LogP contribution < -0.4 is 11.1 Å². The van der Waals surface area contributed by atoms with Gasteiger partial charge in [0, 0.05) is 4.88 Å². The molecule has 1 aromatic rings. The van der Waals surface area contributed by atoms with E-state index in [1.807, 2.05) is 0 Å². The minimum atomic E-state index is -0.984. The molecule has 0 atom stereocenters. The number of rotatable bonds is 3. The molecule has 0 saturated heterocycles. The first-order chi connectivity index (χ1) is 8.84. The van der Waals surface area contributed by atoms with Crippen LogP contribution in [-0.2, 0) is 22.4 Å². The fourth-order valence-electron chi connectivity index (χ4n) is 2.07. The van der Waals surface area contributed by atoms with Crippen molar-refractivity contribution >= 4 is 28.2 Å². The van der Waals surface area contributed by atoms with Crippen molar-refractivity contribution in [2.75, 3.05) is 12.4 Å². The van der Waals surface area contributed by atoms with Crippen LogP contribution in [0.3, 0.4) is 0 Å². The lowest BCUT2D eigenvalue weighted by Gasteiger charge is -2.17. The van der Waals surface area contributed by atoms with Gasteiger partial charge in [-0.05, 0) is 38.7 Å². The van der Waals surface area contributed by atoms with Gasteiger partial charge >= 0.3 is 5.97 Å². The number of thiophene rings is 1. The Hall–Kier alpha value is -1.40. The predicted molar refractivity (Wildman–Crippen MR) is 74.6 cm³/mol. The summed E-state index contributed by atoms with van der Waals surface area (Å²) < 4.78 is 4.81. The van der Waals surface area contributed by atoms with Gasteiger partial charge in [-0.3, -0.25) is 4.79 Å². The van der Waals surface area contributed by atoms with E-state index >= 15 is 0 Å². The normalized spacial score (nSPS) is 14.1. The number of ether oxygens (including phenoxy) is 1. The highest BCUT2D eigenvalue weighted by Gasteiger charge is 2.30. The molecule has 3 N–H and O–H groups in total. The molecular formula is C13H18N2O3S. The fourth-order valence-corrected chi connectivity index (χ4v) is 3.35. The highest BCUT2D eigenvalue weighted by Crippen LogP contribution is 2.39. The van der Waals surface area contributed by atoms with E-state index in [1.54, 1.807) is 13.8 Å². The number of amides is 1. The second-order valence-electron chi connectivity index (χ2n) is 5.23. The third kappa shape index (κ3) is 2.64. The summed E-state index contributed by atoms with van der Waals surface area (Å²) >= 11 is 1.45. The Morgan fingerprint density at radius 1 is 1.37 bits per heavy atom. The van der Waals surface area contributed by atoms with Gasteiger partial charge in [0.1, 0.15) is 5.00 Å². The number of carbonyl (C=O) groups excluding carboxylic acids is 2. The second-order valence-corrected chi connectivity index (χ2v) is 6.33. The number of hydrogen-bond donors (Lipinski definition) is 2. The average molecular weight is 282 g/mol. The number of nitrogens with one attached hydrogen (secondary N) is 1. The standard InChI is InChI=1S/C13H18N2O3S/c1-13(2,14)12(17)15-10-9(11(16)18-3)7-5-4-6-8(7)19-10/h4-6,14H2,1-3H3,(H,15,17). The molecule has 2 rings (SSSR count). The third-order valence-corrected chi connectivity index (χ3v) is 4.33. The molecule has 0 aliphatic heterocycles. The van der Waals surface area contributed by atoms with Gasteiger partial charge in [0.2, 0.25) is 5.91 Å². The van der Waals surface area contributed by atoms with E-state index in [9.17, 15) is 9.59 Å². The molecule has 19 heavy (non-hydrogen) atoms. The molecule has 0 fully saturated rings. The van der Waals surface area contributed by atoms with Crippen LogP contribution in [0, 0.1) is 0 Å². The van der Waals surface area contributed by atoms with Gasteiger partial charge in [-0.15, -0.1) is 11.3 Å². The van der Waals surface area contributed by atoms with Crippen LogP contribution in [0.25, 0.3) is 0 Å². The van der Waals surface area contributed by atoms with Crippen LogP contribution in [0.15, 0.2) is 0 Å². The molecule has 1 aromatic heterocycles. The summed E-state index contributed by atoms with van der Waals surface area (Å²) in [5, 5.41) is 3.30. The molecule has 0 aromatic carbocycles. The highest BCUT2D eigenvalue weighted by atomic mass is 32.1. The minimum Gasteiger partial charge on any atom is -0.465 e. The van der Waals surface area contributed by atoms with Crippen molar-refractivity contribution in [2.24, 2.45) is 5.73 Å². The maximum absolute atomic E-state index is 11.9. The van der Waals surface area contributed by atoms with E-state index in [2.05, 4.69) is 5.32 Å². The molecule has 104 valence electrons. The predicted octanol–water partition coefficient (Wildman–Crippen LogP) is 1.70. The Morgan fingerprint density at radius 2 is 2.05 bits per heavy atom. The maximum atomic E-state index is 11.9. The molecule has 1 aliphatic carbocycles. The van der Waals surface area contributed by atoms with Crippen molar-refractivity contribution in [3.8, 4) is 0 Å². The van der Waals surface area contributed by atoms with Crippen LogP contribution in [0.5, 0.6) is 0 Å². The van der Waals surface area contributed by atoms with E-state index in [0.29, 0.717) is 10.6 Å². The van der Waals surface area contributed by atoms with Gasteiger partial charge in [0.05, 0.1) is 18.2 Å². The minimum absolute atomic E-state index is 0.308. The first-order valence-electron chi connectivity index (χ1n) is 6.17. The van der Waals surface area contributed by atoms with E-state index in [4.69, 9.17) is 10.5 Å². The molecule has 0 spiro atoms. The number of methoxy groups -OCH3 is 1. The summed E-state index contributed by atoms with van der Waals surface area (Å²) in [5.41, 5.74) is 6.28. The quantitative estimate of drug-likeness (QED) is 0.827. The molecule has 6 heteroatoms. The van der Waals surface area contributed by atoms with Crippen LogP contribution in [0.2, 0.25) is 0 Å². The monoisotopic (exact) mass is 282 g/mol. The number of fused-ring (bicyclic) bond motifs is 1. The average Bonchev–Trinajstić information content (AvgIpc) is 2.86. The zero-order valence-corrected chi connectivity index (χ0v) is 12.1. The SMILES string of the molecule is COC(=O)c1c(NC(=O)C(C)(C)N)sc2c1CCC2. The molecule has 0 radical (unpaired) electrons. The Morgan fingerprint density at radius 3 is 2.63 bits per heavy atom. The van der Waals surface area contributed by atoms with Gasteiger partial charge in [-0.25, -0.2) is 4.79 Å². The fraction of sp³-hybridized carbons (Fsp3) is 0.538. The van der Waals surface area contributed by atoms with Crippen molar-refractivity contribution in [2.45, 2.75) is 38.6 Å². The molecule has 1 amide bonds. The number of hydrogen-bond acceptors (Lipinski definition) is 5. The lowest BCUT2D eigenvalue weighted by atomic mass is 10.1. The molecule has 0 unspecified atom stereocenters. The third-order valence-electron chi connectivity index (χ3n) is 3.12. The second kappa shape index (κ2) is 4.94. The Bertz CT molecular complexity index is 529. The van der Waals surface area contributed by atoms with Crippen molar-refractivity contribution in [3.63, 3.8) is 0 Å². The summed E-state index contributed by atoms with van der Waals surface area (Å²) in [6.07, 6.45) is 2.85. The smallest absolute Gasteiger partial charge is 0.341 e. The van der Waals surface area contributed by atoms with Crippen LogP contribution in [-0.4, -0.2) is 24.5 Å². The molecule has 0 bridgehead atoms. The Labute approximate surface area is 116 Å².